The molecular weight excluding hydrogens is 234 g/mol. The topological polar surface area (TPSA) is 44.5 Å². The van der Waals surface area contributed by atoms with Crippen LogP contribution in [0.2, 0.25) is 6.32 Å². The van der Waals surface area contributed by atoms with Crippen LogP contribution in [0.1, 0.15) is 34.1 Å². The van der Waals surface area contributed by atoms with E-state index in [9.17, 15) is 13.2 Å². The Kier molecular flexibility index (Phi) is 3.87. The van der Waals surface area contributed by atoms with Gasteiger partial charge in [0, 0.05) is 0 Å². The Bertz CT molecular complexity index is 265. The lowest BCUT2D eigenvalue weighted by Gasteiger charge is -2.32. The first-order chi connectivity index (χ1) is 7.46. The fourth-order valence-electron chi connectivity index (χ4n) is 1.56. The maximum atomic E-state index is 12.2. The van der Waals surface area contributed by atoms with E-state index in [1.165, 1.54) is 0 Å². The van der Waals surface area contributed by atoms with Crippen molar-refractivity contribution in [3.63, 3.8) is 0 Å². The van der Waals surface area contributed by atoms with Crippen LogP contribution in [0.3, 0.4) is 0 Å². The monoisotopic (exact) mass is 253 g/mol. The van der Waals surface area contributed by atoms with Gasteiger partial charge in [-0.15, -0.1) is 0 Å². The number of hydrogen-bond donors (Lipinski definition) is 1. The second kappa shape index (κ2) is 4.44. The first-order valence-corrected chi connectivity index (χ1v) is 5.64. The number of nitrogens with two attached hydrogens (primary N) is 1. The molecule has 1 aliphatic heterocycles. The van der Waals surface area contributed by atoms with Crippen LogP contribution in [0, 0.1) is 0 Å². The van der Waals surface area contributed by atoms with E-state index in [1.807, 2.05) is 27.7 Å². The van der Waals surface area contributed by atoms with E-state index in [0.29, 0.717) is 0 Å². The van der Waals surface area contributed by atoms with Gasteiger partial charge >= 0.3 is 13.3 Å². The van der Waals surface area contributed by atoms with Crippen LogP contribution in [-0.2, 0) is 9.31 Å². The molecule has 0 radical (unpaired) electrons. The molecule has 0 spiro atoms. The minimum absolute atomic E-state index is 0.146. The van der Waals surface area contributed by atoms with Crippen molar-refractivity contribution in [2.45, 2.75) is 63.9 Å². The predicted molar refractivity (Wildman–Crippen MR) is 59.5 cm³/mol. The van der Waals surface area contributed by atoms with Crippen molar-refractivity contribution in [3.8, 4) is 0 Å². The molecule has 1 heterocycles. The third kappa shape index (κ3) is 3.36. The quantitative estimate of drug-likeness (QED) is 0.785. The van der Waals surface area contributed by atoms with Crippen LogP contribution in [0.4, 0.5) is 13.2 Å². The van der Waals surface area contributed by atoms with E-state index in [0.717, 1.165) is 0 Å². The molecule has 0 aliphatic carbocycles. The highest BCUT2D eigenvalue weighted by Crippen LogP contribution is 2.38. The Balaban J connectivity index is 2.47. The van der Waals surface area contributed by atoms with Crippen molar-refractivity contribution >= 4 is 7.12 Å². The lowest BCUT2D eigenvalue weighted by atomic mass is 9.81. The van der Waals surface area contributed by atoms with Crippen LogP contribution in [0.15, 0.2) is 0 Å². The third-order valence-corrected chi connectivity index (χ3v) is 3.44. The van der Waals surface area contributed by atoms with Crippen LogP contribution in [-0.4, -0.2) is 30.5 Å². The standard InChI is InChI=1S/C10H19BF3NO2/c1-8(2)9(3,4)17-11(16-8)6-5-7(15)10(12,13)14/h7H,5-6,15H2,1-4H3/t7-/m0/s1. The Labute approximate surface area is 100.0 Å². The molecule has 1 atom stereocenters. The van der Waals surface area contributed by atoms with E-state index in [2.05, 4.69) is 0 Å². The fraction of sp³-hybridized carbons (Fsp3) is 1.00. The van der Waals surface area contributed by atoms with Gasteiger partial charge in [-0.3, -0.25) is 0 Å². The molecule has 7 heteroatoms. The zero-order chi connectivity index (χ0) is 13.5. The second-order valence-corrected chi connectivity index (χ2v) is 5.41. The SMILES string of the molecule is CC1(C)OB(CC[C@H](N)C(F)(F)F)OC1(C)C. The van der Waals surface area contributed by atoms with Crippen LogP contribution in [0.5, 0.6) is 0 Å². The second-order valence-electron chi connectivity index (χ2n) is 5.41. The summed E-state index contributed by atoms with van der Waals surface area (Å²) >= 11 is 0. The molecule has 1 saturated heterocycles. The molecule has 0 aromatic rings. The fourth-order valence-corrected chi connectivity index (χ4v) is 1.56. The van der Waals surface area contributed by atoms with E-state index < -0.39 is 30.5 Å². The summed E-state index contributed by atoms with van der Waals surface area (Å²) in [5.74, 6) is 0. The molecule has 0 amide bonds. The highest BCUT2D eigenvalue weighted by molar-refractivity contribution is 6.45. The van der Waals surface area contributed by atoms with Crippen molar-refractivity contribution in [1.29, 1.82) is 0 Å². The first-order valence-electron chi connectivity index (χ1n) is 5.64. The maximum absolute atomic E-state index is 12.2. The summed E-state index contributed by atoms with van der Waals surface area (Å²) < 4.78 is 47.8. The van der Waals surface area contributed by atoms with E-state index >= 15 is 0 Å². The van der Waals surface area contributed by atoms with Gasteiger partial charge in [-0.1, -0.05) is 0 Å². The van der Waals surface area contributed by atoms with Gasteiger partial charge in [-0.05, 0) is 40.4 Å². The van der Waals surface area contributed by atoms with Crippen molar-refractivity contribution in [3.05, 3.63) is 0 Å². The van der Waals surface area contributed by atoms with Gasteiger partial charge in [-0.25, -0.2) is 0 Å². The van der Waals surface area contributed by atoms with Crippen LogP contribution in [0.25, 0.3) is 0 Å². The molecule has 0 saturated carbocycles. The van der Waals surface area contributed by atoms with Gasteiger partial charge in [-0.2, -0.15) is 13.2 Å². The summed E-state index contributed by atoms with van der Waals surface area (Å²) in [4.78, 5) is 0. The van der Waals surface area contributed by atoms with Gasteiger partial charge < -0.3 is 15.0 Å². The van der Waals surface area contributed by atoms with Gasteiger partial charge in [0.25, 0.3) is 0 Å². The van der Waals surface area contributed by atoms with Crippen LogP contribution < -0.4 is 5.73 Å². The maximum Gasteiger partial charge on any atom is 0.457 e. The number of alkyl halides is 3. The average molecular weight is 253 g/mol. The van der Waals surface area contributed by atoms with Gasteiger partial charge in [0.1, 0.15) is 6.04 Å². The molecular formula is C10H19BF3NO2. The van der Waals surface area contributed by atoms with Crippen molar-refractivity contribution in [2.75, 3.05) is 0 Å². The van der Waals surface area contributed by atoms with Gasteiger partial charge in [0.2, 0.25) is 0 Å². The molecule has 1 aliphatic rings. The van der Waals surface area contributed by atoms with Crippen molar-refractivity contribution < 1.29 is 22.5 Å². The molecule has 100 valence electrons. The molecule has 3 nitrogen and oxygen atoms in total. The third-order valence-electron chi connectivity index (χ3n) is 3.44. The highest BCUT2D eigenvalue weighted by atomic mass is 19.4. The molecule has 0 unspecified atom stereocenters. The van der Waals surface area contributed by atoms with E-state index in [4.69, 9.17) is 15.0 Å². The lowest BCUT2D eigenvalue weighted by molar-refractivity contribution is -0.148. The van der Waals surface area contributed by atoms with E-state index in [1.54, 1.807) is 0 Å². The average Bonchev–Trinajstić information content (AvgIpc) is 2.30. The molecule has 1 rings (SSSR count). The zero-order valence-corrected chi connectivity index (χ0v) is 10.6. The first kappa shape index (κ1) is 14.8. The van der Waals surface area contributed by atoms with Gasteiger partial charge in [0.05, 0.1) is 11.2 Å². The zero-order valence-electron chi connectivity index (χ0n) is 10.6. The highest BCUT2D eigenvalue weighted by Gasteiger charge is 2.51. The Morgan fingerprint density at radius 3 is 1.88 bits per heavy atom. The summed E-state index contributed by atoms with van der Waals surface area (Å²) in [6.45, 7) is 7.43. The molecule has 0 bridgehead atoms. The molecule has 1 fully saturated rings. The Hall–Kier alpha value is -0.265. The van der Waals surface area contributed by atoms with Crippen molar-refractivity contribution in [1.82, 2.24) is 0 Å². The largest absolute Gasteiger partial charge is 0.457 e. The number of hydrogen-bond acceptors (Lipinski definition) is 3. The number of rotatable bonds is 3. The molecule has 2 N–H and O–H groups in total. The molecule has 0 aromatic heterocycles. The Morgan fingerprint density at radius 2 is 1.53 bits per heavy atom. The summed E-state index contributed by atoms with van der Waals surface area (Å²) in [7, 11) is -0.617. The normalized spacial score (nSPS) is 25.1. The smallest absolute Gasteiger partial charge is 0.403 e. The lowest BCUT2D eigenvalue weighted by Crippen LogP contribution is -2.41. The van der Waals surface area contributed by atoms with Gasteiger partial charge in [0.15, 0.2) is 0 Å². The summed E-state index contributed by atoms with van der Waals surface area (Å²) in [5, 5.41) is 0. The molecule has 0 aromatic carbocycles. The van der Waals surface area contributed by atoms with Crippen molar-refractivity contribution in [2.24, 2.45) is 5.73 Å². The molecule has 17 heavy (non-hydrogen) atoms. The van der Waals surface area contributed by atoms with Crippen LogP contribution >= 0.6 is 0 Å². The Morgan fingerprint density at radius 1 is 1.12 bits per heavy atom. The minimum Gasteiger partial charge on any atom is -0.403 e. The summed E-state index contributed by atoms with van der Waals surface area (Å²) in [6.07, 6.45) is -4.41. The summed E-state index contributed by atoms with van der Waals surface area (Å²) in [5.41, 5.74) is 4.00. The minimum atomic E-state index is -4.36. The summed E-state index contributed by atoms with van der Waals surface area (Å²) in [6, 6.07) is -1.82. The number of halogens is 3. The van der Waals surface area contributed by atoms with E-state index in [-0.39, 0.29) is 12.7 Å². The predicted octanol–water partition coefficient (Wildman–Crippen LogP) is 2.36.